The van der Waals surface area contributed by atoms with Gasteiger partial charge in [-0.3, -0.25) is 9.59 Å². The van der Waals surface area contributed by atoms with Crippen LogP contribution in [-0.4, -0.2) is 44.2 Å². The van der Waals surface area contributed by atoms with Gasteiger partial charge >= 0.3 is 0 Å². The molecule has 0 radical (unpaired) electrons. The summed E-state index contributed by atoms with van der Waals surface area (Å²) < 4.78 is 28.2. The van der Waals surface area contributed by atoms with Gasteiger partial charge in [-0.1, -0.05) is 19.1 Å². The van der Waals surface area contributed by atoms with Crippen LogP contribution in [0.25, 0.3) is 0 Å². The van der Waals surface area contributed by atoms with E-state index in [0.717, 1.165) is 24.0 Å². The van der Waals surface area contributed by atoms with Crippen LogP contribution in [0.1, 0.15) is 50.3 Å². The Bertz CT molecular complexity index is 1250. The topological polar surface area (TPSA) is 86.8 Å². The largest absolute Gasteiger partial charge is 0.324 e. The molecule has 8 heteroatoms. The van der Waals surface area contributed by atoms with Crippen molar-refractivity contribution in [3.8, 4) is 0 Å². The van der Waals surface area contributed by atoms with Crippen molar-refractivity contribution in [2.45, 2.75) is 57.8 Å². The van der Waals surface area contributed by atoms with Gasteiger partial charge < -0.3 is 10.2 Å². The fraction of sp³-hybridized carbons (Fsp3) is 0.462. The summed E-state index contributed by atoms with van der Waals surface area (Å²) in [6, 6.07) is 10.6. The molecule has 34 heavy (non-hydrogen) atoms. The molecule has 2 aliphatic rings. The minimum absolute atomic E-state index is 0.140. The van der Waals surface area contributed by atoms with Crippen LogP contribution in [0.5, 0.6) is 0 Å². The van der Waals surface area contributed by atoms with Gasteiger partial charge in [-0.15, -0.1) is 0 Å². The Labute approximate surface area is 202 Å². The third-order valence-electron chi connectivity index (χ3n) is 6.94. The third kappa shape index (κ3) is 4.36. The van der Waals surface area contributed by atoms with Gasteiger partial charge in [0.15, 0.2) is 0 Å². The van der Waals surface area contributed by atoms with E-state index in [1.165, 1.54) is 4.90 Å². The fourth-order valence-electron chi connectivity index (χ4n) is 4.85. The molecular formula is C26H33N3O4S. The summed E-state index contributed by atoms with van der Waals surface area (Å²) in [5.41, 5.74) is 2.96. The van der Waals surface area contributed by atoms with Crippen LogP contribution in [0.2, 0.25) is 0 Å². The number of piperidine rings is 1. The van der Waals surface area contributed by atoms with Crippen molar-refractivity contribution < 1.29 is 18.0 Å². The minimum atomic E-state index is -3.65. The van der Waals surface area contributed by atoms with E-state index in [9.17, 15) is 18.0 Å². The number of carbonyl (C=O) groups excluding carboxylic acids is 2. The van der Waals surface area contributed by atoms with Gasteiger partial charge in [-0.25, -0.2) is 8.42 Å². The van der Waals surface area contributed by atoms with Gasteiger partial charge in [0.25, 0.3) is 0 Å². The van der Waals surface area contributed by atoms with E-state index in [-0.39, 0.29) is 23.3 Å². The Kier molecular flexibility index (Phi) is 6.33. The van der Waals surface area contributed by atoms with Crippen LogP contribution in [0.3, 0.4) is 0 Å². The second-order valence-electron chi connectivity index (χ2n) is 10.2. The van der Waals surface area contributed by atoms with E-state index < -0.39 is 15.4 Å². The quantitative estimate of drug-likeness (QED) is 0.697. The number of sulfonamides is 1. The minimum Gasteiger partial charge on any atom is -0.324 e. The molecule has 2 aromatic rings. The first-order chi connectivity index (χ1) is 15.9. The molecule has 1 fully saturated rings. The zero-order valence-corrected chi connectivity index (χ0v) is 21.3. The van der Waals surface area contributed by atoms with Gasteiger partial charge in [-0.2, -0.15) is 4.31 Å². The monoisotopic (exact) mass is 483 g/mol. The zero-order valence-electron chi connectivity index (χ0n) is 20.5. The molecule has 7 nitrogen and oxygen atoms in total. The van der Waals surface area contributed by atoms with Gasteiger partial charge in [0, 0.05) is 24.5 Å². The highest BCUT2D eigenvalue weighted by molar-refractivity contribution is 7.89. The Morgan fingerprint density at radius 3 is 2.59 bits per heavy atom. The Balaban J connectivity index is 1.61. The SMILES string of the molecule is Cc1ccc(C)c(NC(=O)CN2C(=O)C(C)(C)c3cc(S(=O)(=O)N4CCCC(C)C4)ccc32)c1. The molecule has 1 saturated heterocycles. The van der Waals surface area contributed by atoms with Crippen LogP contribution < -0.4 is 10.2 Å². The molecule has 2 amide bonds. The molecule has 4 rings (SSSR count). The number of nitrogens with one attached hydrogen (secondary N) is 1. The van der Waals surface area contributed by atoms with E-state index in [1.807, 2.05) is 32.0 Å². The highest BCUT2D eigenvalue weighted by atomic mass is 32.2. The van der Waals surface area contributed by atoms with Crippen molar-refractivity contribution in [1.29, 1.82) is 0 Å². The summed E-state index contributed by atoms with van der Waals surface area (Å²) in [5.74, 6) is -0.202. The van der Waals surface area contributed by atoms with E-state index in [0.29, 0.717) is 35.9 Å². The summed E-state index contributed by atoms with van der Waals surface area (Å²) in [5, 5.41) is 2.90. The summed E-state index contributed by atoms with van der Waals surface area (Å²) in [4.78, 5) is 27.8. The lowest BCUT2D eigenvalue weighted by Gasteiger charge is -2.30. The van der Waals surface area contributed by atoms with Gasteiger partial charge in [-0.05, 0) is 87.4 Å². The first kappa shape index (κ1) is 24.4. The van der Waals surface area contributed by atoms with Crippen molar-refractivity contribution in [2.24, 2.45) is 5.92 Å². The van der Waals surface area contributed by atoms with Crippen molar-refractivity contribution in [3.63, 3.8) is 0 Å². The number of carbonyl (C=O) groups is 2. The average Bonchev–Trinajstić information content (AvgIpc) is 2.96. The number of benzene rings is 2. The second kappa shape index (κ2) is 8.82. The number of nitrogens with zero attached hydrogens (tertiary/aromatic N) is 2. The molecule has 2 aromatic carbocycles. The molecule has 0 aliphatic carbocycles. The van der Waals surface area contributed by atoms with Crippen LogP contribution >= 0.6 is 0 Å². The number of hydrogen-bond acceptors (Lipinski definition) is 4. The fourth-order valence-corrected chi connectivity index (χ4v) is 6.47. The molecule has 2 aliphatic heterocycles. The van der Waals surface area contributed by atoms with Gasteiger partial charge in [0.05, 0.1) is 10.3 Å². The standard InChI is InChI=1S/C26H33N3O4S/c1-17-8-9-19(3)22(13-17)27-24(30)16-29-23-11-10-20(14-21(23)26(4,5)25(29)31)34(32,33)28-12-6-7-18(2)15-28/h8-11,13-14,18H,6-7,12,15-16H2,1-5H3,(H,27,30). The Morgan fingerprint density at radius 2 is 1.88 bits per heavy atom. The van der Waals surface area contributed by atoms with Crippen LogP contribution in [0, 0.1) is 19.8 Å². The summed E-state index contributed by atoms with van der Waals surface area (Å²) in [7, 11) is -3.65. The van der Waals surface area contributed by atoms with Gasteiger partial charge in [0.2, 0.25) is 21.8 Å². The number of hydrogen-bond donors (Lipinski definition) is 1. The van der Waals surface area contributed by atoms with E-state index in [4.69, 9.17) is 0 Å². The maximum Gasteiger partial charge on any atom is 0.244 e. The highest BCUT2D eigenvalue weighted by Gasteiger charge is 2.45. The molecule has 1 unspecified atom stereocenters. The van der Waals surface area contributed by atoms with Crippen LogP contribution in [0.15, 0.2) is 41.3 Å². The molecule has 182 valence electrons. The molecule has 1 N–H and O–H groups in total. The van der Waals surface area contributed by atoms with Crippen molar-refractivity contribution in [2.75, 3.05) is 29.9 Å². The highest BCUT2D eigenvalue weighted by Crippen LogP contribution is 2.43. The molecule has 0 saturated carbocycles. The zero-order chi connectivity index (χ0) is 24.8. The smallest absolute Gasteiger partial charge is 0.244 e. The van der Waals surface area contributed by atoms with E-state index in [1.54, 1.807) is 36.4 Å². The van der Waals surface area contributed by atoms with E-state index >= 15 is 0 Å². The molecule has 1 atom stereocenters. The third-order valence-corrected chi connectivity index (χ3v) is 8.80. The van der Waals surface area contributed by atoms with Gasteiger partial charge in [0.1, 0.15) is 6.54 Å². The maximum absolute atomic E-state index is 13.3. The summed E-state index contributed by atoms with van der Waals surface area (Å²) in [6.07, 6.45) is 1.87. The van der Waals surface area contributed by atoms with Crippen molar-refractivity contribution in [3.05, 3.63) is 53.1 Å². The van der Waals surface area contributed by atoms with Crippen LogP contribution in [-0.2, 0) is 25.0 Å². The number of amides is 2. The number of fused-ring (bicyclic) bond motifs is 1. The molecule has 2 heterocycles. The number of anilines is 2. The molecule has 0 bridgehead atoms. The number of rotatable bonds is 5. The predicted molar refractivity (Wildman–Crippen MR) is 134 cm³/mol. The summed E-state index contributed by atoms with van der Waals surface area (Å²) in [6.45, 7) is 10.4. The summed E-state index contributed by atoms with van der Waals surface area (Å²) >= 11 is 0. The Morgan fingerprint density at radius 1 is 1.15 bits per heavy atom. The lowest BCUT2D eigenvalue weighted by Crippen LogP contribution is -2.40. The molecule has 0 spiro atoms. The first-order valence-electron chi connectivity index (χ1n) is 11.7. The normalized spacial score (nSPS) is 20.3. The van der Waals surface area contributed by atoms with Crippen molar-refractivity contribution >= 4 is 33.2 Å². The number of aryl methyl sites for hydroxylation is 2. The maximum atomic E-state index is 13.3. The first-order valence-corrected chi connectivity index (χ1v) is 13.2. The molecule has 0 aromatic heterocycles. The lowest BCUT2D eigenvalue weighted by molar-refractivity contribution is -0.124. The van der Waals surface area contributed by atoms with E-state index in [2.05, 4.69) is 12.2 Å². The second-order valence-corrected chi connectivity index (χ2v) is 12.1. The average molecular weight is 484 g/mol. The van der Waals surface area contributed by atoms with Crippen LogP contribution in [0.4, 0.5) is 11.4 Å². The Hall–Kier alpha value is -2.71. The molecular weight excluding hydrogens is 450 g/mol. The van der Waals surface area contributed by atoms with Crippen molar-refractivity contribution in [1.82, 2.24) is 4.31 Å². The predicted octanol–water partition coefficient (Wildman–Crippen LogP) is 3.99. The lowest BCUT2D eigenvalue weighted by atomic mass is 9.86.